The maximum absolute atomic E-state index is 5.71. The lowest BCUT2D eigenvalue weighted by Crippen LogP contribution is -2.16. The zero-order valence-electron chi connectivity index (χ0n) is 9.16. The van der Waals surface area contributed by atoms with Crippen molar-refractivity contribution in [3.05, 3.63) is 35.4 Å². The van der Waals surface area contributed by atoms with E-state index in [4.69, 9.17) is 5.73 Å². The number of nitrogens with zero attached hydrogens (tertiary/aromatic N) is 1. The van der Waals surface area contributed by atoms with Crippen LogP contribution in [0, 0.1) is 0 Å². The number of hydrogen-bond donors (Lipinski definition) is 2. The lowest BCUT2D eigenvalue weighted by atomic mass is 10.00. The molecule has 0 saturated heterocycles. The number of fused-ring (bicyclic) bond motifs is 2. The quantitative estimate of drug-likeness (QED) is 0.697. The Morgan fingerprint density at radius 3 is 2.62 bits per heavy atom. The van der Waals surface area contributed by atoms with Gasteiger partial charge in [0.2, 0.25) is 0 Å². The van der Waals surface area contributed by atoms with Gasteiger partial charge >= 0.3 is 0 Å². The van der Waals surface area contributed by atoms with Crippen molar-refractivity contribution in [2.45, 2.75) is 12.8 Å². The highest BCUT2D eigenvalue weighted by Crippen LogP contribution is 2.21. The molecule has 3 heteroatoms. The lowest BCUT2D eigenvalue weighted by molar-refractivity contribution is 0.711. The van der Waals surface area contributed by atoms with Gasteiger partial charge in [-0.1, -0.05) is 0 Å². The molecular weight excluding hydrogens is 198 g/mol. The Morgan fingerprint density at radius 2 is 1.81 bits per heavy atom. The van der Waals surface area contributed by atoms with E-state index in [1.807, 2.05) is 6.07 Å². The monoisotopic (exact) mass is 213 g/mol. The minimum absolute atomic E-state index is 0.596. The van der Waals surface area contributed by atoms with E-state index in [9.17, 15) is 0 Å². The van der Waals surface area contributed by atoms with Gasteiger partial charge in [-0.3, -0.25) is 0 Å². The zero-order valence-corrected chi connectivity index (χ0v) is 9.16. The molecule has 82 valence electrons. The summed E-state index contributed by atoms with van der Waals surface area (Å²) in [5, 5.41) is 4.60. The fraction of sp³-hybridized carbons (Fsp3) is 0.308. The summed E-state index contributed by atoms with van der Waals surface area (Å²) in [7, 11) is 0. The fourth-order valence-corrected chi connectivity index (χ4v) is 2.31. The molecule has 1 aromatic heterocycles. The van der Waals surface area contributed by atoms with Crippen molar-refractivity contribution in [3.63, 3.8) is 0 Å². The molecule has 2 aromatic rings. The molecule has 1 aliphatic heterocycles. The van der Waals surface area contributed by atoms with Crippen molar-refractivity contribution in [2.75, 3.05) is 18.8 Å². The van der Waals surface area contributed by atoms with Gasteiger partial charge in [-0.25, -0.2) is 4.98 Å². The van der Waals surface area contributed by atoms with Crippen LogP contribution in [0.25, 0.3) is 10.9 Å². The first kappa shape index (κ1) is 9.60. The van der Waals surface area contributed by atoms with Crippen molar-refractivity contribution in [2.24, 2.45) is 0 Å². The second-order valence-electron chi connectivity index (χ2n) is 4.30. The van der Waals surface area contributed by atoms with E-state index in [2.05, 4.69) is 28.5 Å². The molecule has 0 bridgehead atoms. The third-order valence-corrected chi connectivity index (χ3v) is 3.17. The molecule has 2 heterocycles. The summed E-state index contributed by atoms with van der Waals surface area (Å²) < 4.78 is 0. The van der Waals surface area contributed by atoms with Gasteiger partial charge in [-0.2, -0.15) is 0 Å². The number of rotatable bonds is 0. The van der Waals surface area contributed by atoms with E-state index < -0.39 is 0 Å². The van der Waals surface area contributed by atoms with Gasteiger partial charge in [0.05, 0.1) is 5.52 Å². The molecule has 1 aliphatic rings. The normalized spacial score (nSPS) is 15.8. The highest BCUT2D eigenvalue weighted by Gasteiger charge is 2.09. The second kappa shape index (κ2) is 3.76. The maximum Gasteiger partial charge on any atom is 0.124 e. The molecule has 0 fully saturated rings. The summed E-state index contributed by atoms with van der Waals surface area (Å²) in [5.74, 6) is 0.596. The molecule has 0 aliphatic carbocycles. The van der Waals surface area contributed by atoms with Gasteiger partial charge in [0.15, 0.2) is 0 Å². The number of benzene rings is 1. The van der Waals surface area contributed by atoms with Gasteiger partial charge in [0.1, 0.15) is 5.82 Å². The number of nitrogens with two attached hydrogens (primary N) is 1. The smallest absolute Gasteiger partial charge is 0.124 e. The maximum atomic E-state index is 5.71. The van der Waals surface area contributed by atoms with Gasteiger partial charge in [0.25, 0.3) is 0 Å². The number of aromatic nitrogens is 1. The largest absolute Gasteiger partial charge is 0.384 e. The van der Waals surface area contributed by atoms with E-state index >= 15 is 0 Å². The van der Waals surface area contributed by atoms with E-state index in [1.165, 1.54) is 16.5 Å². The topological polar surface area (TPSA) is 50.9 Å². The first-order valence-electron chi connectivity index (χ1n) is 5.72. The molecule has 16 heavy (non-hydrogen) atoms. The Hall–Kier alpha value is -1.61. The third kappa shape index (κ3) is 1.63. The summed E-state index contributed by atoms with van der Waals surface area (Å²) in [6, 6.07) is 8.36. The first-order valence-corrected chi connectivity index (χ1v) is 5.72. The van der Waals surface area contributed by atoms with Crippen LogP contribution in [0.3, 0.4) is 0 Å². The fourth-order valence-electron chi connectivity index (χ4n) is 2.31. The van der Waals surface area contributed by atoms with Gasteiger partial charge in [-0.05, 0) is 61.3 Å². The Kier molecular flexibility index (Phi) is 2.26. The Balaban J connectivity index is 2.20. The van der Waals surface area contributed by atoms with Crippen molar-refractivity contribution in [3.8, 4) is 0 Å². The average molecular weight is 213 g/mol. The van der Waals surface area contributed by atoms with Crippen molar-refractivity contribution in [1.29, 1.82) is 0 Å². The van der Waals surface area contributed by atoms with E-state index in [-0.39, 0.29) is 0 Å². The van der Waals surface area contributed by atoms with Crippen LogP contribution in [-0.2, 0) is 12.8 Å². The molecule has 0 spiro atoms. The molecule has 1 aromatic carbocycles. The Labute approximate surface area is 94.7 Å². The molecule has 3 N–H and O–H groups in total. The zero-order chi connectivity index (χ0) is 11.0. The lowest BCUT2D eigenvalue weighted by Gasteiger charge is -2.07. The predicted octanol–water partition coefficient (Wildman–Crippen LogP) is 1.51. The van der Waals surface area contributed by atoms with Crippen molar-refractivity contribution >= 4 is 16.7 Å². The molecule has 0 saturated carbocycles. The molecule has 3 rings (SSSR count). The number of nitrogens with one attached hydrogen (secondary N) is 1. The van der Waals surface area contributed by atoms with Crippen LogP contribution in [0.4, 0.5) is 5.82 Å². The first-order chi connectivity index (χ1) is 7.83. The van der Waals surface area contributed by atoms with E-state index in [0.717, 1.165) is 31.4 Å². The summed E-state index contributed by atoms with van der Waals surface area (Å²) in [6.07, 6.45) is 2.19. The SMILES string of the molecule is Nc1ccc2cc3c(cc2n1)CCNCC3. The minimum Gasteiger partial charge on any atom is -0.384 e. The number of pyridine rings is 1. The van der Waals surface area contributed by atoms with Crippen LogP contribution >= 0.6 is 0 Å². The van der Waals surface area contributed by atoms with Crippen LogP contribution < -0.4 is 11.1 Å². The second-order valence-corrected chi connectivity index (χ2v) is 4.30. The highest BCUT2D eigenvalue weighted by molar-refractivity contribution is 5.81. The molecule has 0 unspecified atom stereocenters. The molecular formula is C13H15N3. The molecule has 3 nitrogen and oxygen atoms in total. The minimum atomic E-state index is 0.596. The van der Waals surface area contributed by atoms with Gasteiger partial charge in [0, 0.05) is 5.39 Å². The van der Waals surface area contributed by atoms with Crippen LogP contribution in [0.5, 0.6) is 0 Å². The van der Waals surface area contributed by atoms with Crippen LogP contribution in [0.15, 0.2) is 24.3 Å². The van der Waals surface area contributed by atoms with Crippen LogP contribution in [0.2, 0.25) is 0 Å². The predicted molar refractivity (Wildman–Crippen MR) is 66.4 cm³/mol. The highest BCUT2D eigenvalue weighted by atomic mass is 14.9. The van der Waals surface area contributed by atoms with Crippen molar-refractivity contribution < 1.29 is 0 Å². The molecule has 0 amide bonds. The van der Waals surface area contributed by atoms with E-state index in [0.29, 0.717) is 5.82 Å². The summed E-state index contributed by atoms with van der Waals surface area (Å²) >= 11 is 0. The third-order valence-electron chi connectivity index (χ3n) is 3.17. The Morgan fingerprint density at radius 1 is 1.06 bits per heavy atom. The summed E-state index contributed by atoms with van der Waals surface area (Å²) in [6.45, 7) is 2.13. The Bertz CT molecular complexity index is 534. The standard InChI is InChI=1S/C13H15N3/c14-13-2-1-11-7-9-3-5-15-6-4-10(9)8-12(11)16-13/h1-2,7-8,15H,3-6H2,(H2,14,16). The number of anilines is 1. The van der Waals surface area contributed by atoms with Crippen molar-refractivity contribution in [1.82, 2.24) is 10.3 Å². The van der Waals surface area contributed by atoms with Gasteiger partial charge < -0.3 is 11.1 Å². The van der Waals surface area contributed by atoms with Crippen LogP contribution in [-0.4, -0.2) is 18.1 Å². The average Bonchev–Trinajstić information content (AvgIpc) is 2.50. The number of nitrogen functional groups attached to an aromatic ring is 1. The molecule has 0 radical (unpaired) electrons. The number of hydrogen-bond acceptors (Lipinski definition) is 3. The molecule has 0 atom stereocenters. The summed E-state index contributed by atoms with van der Waals surface area (Å²) in [5.41, 5.74) is 9.58. The van der Waals surface area contributed by atoms with Gasteiger partial charge in [-0.15, -0.1) is 0 Å². The summed E-state index contributed by atoms with van der Waals surface area (Å²) in [4.78, 5) is 4.37. The van der Waals surface area contributed by atoms with Crippen LogP contribution in [0.1, 0.15) is 11.1 Å². The van der Waals surface area contributed by atoms with E-state index in [1.54, 1.807) is 0 Å².